The third-order valence-corrected chi connectivity index (χ3v) is 3.49. The normalized spacial score (nSPS) is 23.0. The third-order valence-electron chi connectivity index (χ3n) is 3.27. The Kier molecular flexibility index (Phi) is 4.16. The molecule has 0 amide bonds. The zero-order valence-electron chi connectivity index (χ0n) is 9.62. The van der Waals surface area contributed by atoms with Crippen molar-refractivity contribution in [2.45, 2.75) is 25.2 Å². The maximum absolute atomic E-state index is 5.80. The van der Waals surface area contributed by atoms with Gasteiger partial charge < -0.3 is 0 Å². The largest absolute Gasteiger partial charge is 0.258 e. The Hall–Kier alpha value is -0.640. The van der Waals surface area contributed by atoms with Gasteiger partial charge in [-0.3, -0.25) is 5.43 Å². The minimum Gasteiger partial charge on any atom is -0.258 e. The Balaban J connectivity index is 2.02. The first kappa shape index (κ1) is 11.8. The van der Waals surface area contributed by atoms with Crippen LogP contribution in [0.1, 0.15) is 30.7 Å². The maximum atomic E-state index is 5.80. The summed E-state index contributed by atoms with van der Waals surface area (Å²) in [6.45, 7) is 2.23. The monoisotopic (exact) mass is 239 g/mol. The van der Waals surface area contributed by atoms with Crippen LogP contribution in [0, 0.1) is 0 Å². The minimum atomic E-state index is 0.578. The number of rotatable bonds is 2. The lowest BCUT2D eigenvalue weighted by molar-refractivity contribution is 0.216. The molecule has 0 aliphatic carbocycles. The molecule has 3 nitrogen and oxygen atoms in total. The van der Waals surface area contributed by atoms with E-state index in [9.17, 15) is 0 Å². The van der Waals surface area contributed by atoms with E-state index in [0.29, 0.717) is 11.1 Å². The summed E-state index contributed by atoms with van der Waals surface area (Å²) in [5.41, 5.74) is 4.54. The molecule has 88 valence electrons. The first-order chi connectivity index (χ1) is 7.79. The van der Waals surface area contributed by atoms with Crippen molar-refractivity contribution >= 4 is 11.6 Å². The molecule has 1 saturated heterocycles. The molecule has 2 rings (SSSR count). The highest BCUT2D eigenvalue weighted by atomic mass is 35.5. The average Bonchev–Trinajstić information content (AvgIpc) is 2.55. The fraction of sp³-hybridized carbons (Fsp3) is 0.583. The van der Waals surface area contributed by atoms with Crippen LogP contribution in [0.5, 0.6) is 0 Å². The van der Waals surface area contributed by atoms with Crippen molar-refractivity contribution < 1.29 is 0 Å². The molecular weight excluding hydrogens is 222 g/mol. The van der Waals surface area contributed by atoms with Crippen LogP contribution in [0.15, 0.2) is 18.3 Å². The second-order valence-corrected chi connectivity index (χ2v) is 4.64. The number of pyridine rings is 1. The Morgan fingerprint density at radius 3 is 2.94 bits per heavy atom. The summed E-state index contributed by atoms with van der Waals surface area (Å²) in [7, 11) is 1.99. The van der Waals surface area contributed by atoms with E-state index < -0.39 is 0 Å². The van der Waals surface area contributed by atoms with E-state index in [4.69, 9.17) is 11.6 Å². The Morgan fingerprint density at radius 1 is 1.38 bits per heavy atom. The number of aromatic nitrogens is 1. The van der Waals surface area contributed by atoms with Crippen LogP contribution in [-0.4, -0.2) is 30.1 Å². The van der Waals surface area contributed by atoms with E-state index in [2.05, 4.69) is 21.5 Å². The fourth-order valence-corrected chi connectivity index (χ4v) is 2.39. The van der Waals surface area contributed by atoms with Crippen LogP contribution in [0.25, 0.3) is 0 Å². The summed E-state index contributed by atoms with van der Waals surface area (Å²) in [5, 5.41) is 2.86. The van der Waals surface area contributed by atoms with Crippen molar-refractivity contribution in [1.29, 1.82) is 0 Å². The van der Waals surface area contributed by atoms with Gasteiger partial charge in [0.1, 0.15) is 5.15 Å². The lowest BCUT2D eigenvalue weighted by Crippen LogP contribution is -2.35. The van der Waals surface area contributed by atoms with Crippen molar-refractivity contribution in [3.05, 3.63) is 29.0 Å². The van der Waals surface area contributed by atoms with Gasteiger partial charge in [0.25, 0.3) is 0 Å². The molecule has 0 bridgehead atoms. The topological polar surface area (TPSA) is 28.2 Å². The van der Waals surface area contributed by atoms with Crippen molar-refractivity contribution in [2.75, 3.05) is 20.1 Å². The van der Waals surface area contributed by atoms with Gasteiger partial charge in [-0.15, -0.1) is 0 Å². The first-order valence-corrected chi connectivity index (χ1v) is 6.21. The van der Waals surface area contributed by atoms with E-state index in [1.165, 1.54) is 24.8 Å². The molecule has 4 heteroatoms. The quantitative estimate of drug-likeness (QED) is 0.804. The molecule has 0 spiro atoms. The number of halogens is 1. The molecule has 1 aliphatic rings. The third kappa shape index (κ3) is 2.94. The molecule has 1 aromatic heterocycles. The minimum absolute atomic E-state index is 0.578. The summed E-state index contributed by atoms with van der Waals surface area (Å²) in [6, 6.07) is 3.99. The van der Waals surface area contributed by atoms with Gasteiger partial charge in [-0.05, 0) is 43.9 Å². The van der Waals surface area contributed by atoms with Gasteiger partial charge in [-0.2, -0.15) is 0 Å². The van der Waals surface area contributed by atoms with Crippen LogP contribution < -0.4 is 5.43 Å². The predicted molar refractivity (Wildman–Crippen MR) is 66.5 cm³/mol. The highest BCUT2D eigenvalue weighted by Crippen LogP contribution is 2.27. The van der Waals surface area contributed by atoms with E-state index in [0.717, 1.165) is 13.1 Å². The molecule has 1 fully saturated rings. The molecule has 0 saturated carbocycles. The summed E-state index contributed by atoms with van der Waals surface area (Å²) >= 11 is 5.80. The van der Waals surface area contributed by atoms with Gasteiger partial charge in [0.05, 0.1) is 0 Å². The van der Waals surface area contributed by atoms with Crippen molar-refractivity contribution in [3.8, 4) is 0 Å². The number of hydrogen-bond donors (Lipinski definition) is 1. The lowest BCUT2D eigenvalue weighted by atomic mass is 9.93. The SMILES string of the molecule is CNN1CCC[C@@H](c2ccc(Cl)nc2)CC1. The van der Waals surface area contributed by atoms with Crippen molar-refractivity contribution in [2.24, 2.45) is 0 Å². The van der Waals surface area contributed by atoms with Gasteiger partial charge in [0.15, 0.2) is 0 Å². The first-order valence-electron chi connectivity index (χ1n) is 5.83. The van der Waals surface area contributed by atoms with Crippen molar-refractivity contribution in [1.82, 2.24) is 15.4 Å². The van der Waals surface area contributed by atoms with Crippen LogP contribution in [0.4, 0.5) is 0 Å². The van der Waals surface area contributed by atoms with Gasteiger partial charge >= 0.3 is 0 Å². The average molecular weight is 240 g/mol. The van der Waals surface area contributed by atoms with Crippen molar-refractivity contribution in [3.63, 3.8) is 0 Å². The maximum Gasteiger partial charge on any atom is 0.129 e. The molecule has 1 aliphatic heterocycles. The summed E-state index contributed by atoms with van der Waals surface area (Å²) < 4.78 is 0. The smallest absolute Gasteiger partial charge is 0.129 e. The predicted octanol–water partition coefficient (Wildman–Crippen LogP) is 2.44. The molecule has 1 N–H and O–H groups in total. The van der Waals surface area contributed by atoms with Crippen LogP contribution in [0.2, 0.25) is 5.15 Å². The van der Waals surface area contributed by atoms with E-state index in [1.54, 1.807) is 0 Å². The van der Waals surface area contributed by atoms with Gasteiger partial charge in [-0.25, -0.2) is 9.99 Å². The summed E-state index contributed by atoms with van der Waals surface area (Å²) in [4.78, 5) is 4.16. The van der Waals surface area contributed by atoms with Crippen LogP contribution in [-0.2, 0) is 0 Å². The van der Waals surface area contributed by atoms with Gasteiger partial charge in [-0.1, -0.05) is 17.7 Å². The molecule has 2 heterocycles. The lowest BCUT2D eigenvalue weighted by Gasteiger charge is -2.18. The molecule has 16 heavy (non-hydrogen) atoms. The highest BCUT2D eigenvalue weighted by molar-refractivity contribution is 6.29. The van der Waals surface area contributed by atoms with E-state index in [-0.39, 0.29) is 0 Å². The molecule has 0 radical (unpaired) electrons. The fourth-order valence-electron chi connectivity index (χ4n) is 2.28. The second-order valence-electron chi connectivity index (χ2n) is 4.25. The Labute approximate surface area is 102 Å². The zero-order chi connectivity index (χ0) is 11.4. The number of nitrogens with one attached hydrogen (secondary N) is 1. The molecule has 1 atom stereocenters. The molecule has 0 unspecified atom stereocenters. The molecular formula is C12H18ClN3. The molecule has 1 aromatic rings. The second kappa shape index (κ2) is 5.62. The van der Waals surface area contributed by atoms with E-state index in [1.807, 2.05) is 19.3 Å². The number of nitrogens with zero attached hydrogens (tertiary/aromatic N) is 2. The Bertz CT molecular complexity index is 326. The summed E-state index contributed by atoms with van der Waals surface area (Å²) in [5.74, 6) is 0.628. The standard InChI is InChI=1S/C12H18ClN3/c1-14-16-7-2-3-10(6-8-16)11-4-5-12(13)15-9-11/h4-5,9-10,14H,2-3,6-8H2,1H3/t10-/m1/s1. The van der Waals surface area contributed by atoms with Crippen LogP contribution in [0.3, 0.4) is 0 Å². The number of hydrogen-bond acceptors (Lipinski definition) is 3. The summed E-state index contributed by atoms with van der Waals surface area (Å²) in [6.07, 6.45) is 5.57. The molecule has 0 aromatic carbocycles. The number of hydrazine groups is 1. The van der Waals surface area contributed by atoms with Gasteiger partial charge in [0.2, 0.25) is 0 Å². The van der Waals surface area contributed by atoms with Gasteiger partial charge in [0, 0.05) is 19.3 Å². The van der Waals surface area contributed by atoms with E-state index >= 15 is 0 Å². The highest BCUT2D eigenvalue weighted by Gasteiger charge is 2.17. The zero-order valence-corrected chi connectivity index (χ0v) is 10.4. The Morgan fingerprint density at radius 2 is 2.25 bits per heavy atom. The van der Waals surface area contributed by atoms with Crippen LogP contribution >= 0.6 is 11.6 Å².